The maximum absolute atomic E-state index is 5.37. The molecule has 5 nitrogen and oxygen atoms in total. The first-order valence-corrected chi connectivity index (χ1v) is 7.38. The van der Waals surface area contributed by atoms with Crippen LogP contribution in [0.3, 0.4) is 0 Å². The average molecular weight is 269 g/mol. The molecule has 3 N–H and O–H groups in total. The normalized spacial score (nSPS) is 22.9. The fraction of sp³-hybridized carbons (Fsp3) is 0.750. The van der Waals surface area contributed by atoms with Crippen molar-refractivity contribution < 1.29 is 0 Å². The molecule has 1 unspecified atom stereocenters. The van der Waals surface area contributed by atoms with Crippen molar-refractivity contribution in [2.24, 2.45) is 5.84 Å². The number of nitrogen functional groups attached to an aromatic ring is 1. The topological polar surface area (TPSA) is 57.4 Å². The summed E-state index contributed by atoms with van der Waals surface area (Å²) in [7, 11) is 2.22. The number of anilines is 1. The number of likely N-dealkylation sites (N-methyl/N-ethyl adjacent to an activating group) is 1. The number of nitrogens with two attached hydrogens (primary N) is 1. The van der Waals surface area contributed by atoms with E-state index < -0.39 is 0 Å². The number of rotatable bonds is 4. The van der Waals surface area contributed by atoms with Crippen molar-refractivity contribution in [2.45, 2.75) is 32.4 Å². The molecular weight excluding hydrogens is 246 g/mol. The van der Waals surface area contributed by atoms with Crippen LogP contribution in [-0.2, 0) is 6.54 Å². The van der Waals surface area contributed by atoms with Gasteiger partial charge in [0, 0.05) is 36.8 Å². The van der Waals surface area contributed by atoms with Crippen LogP contribution in [0.15, 0.2) is 6.20 Å². The highest BCUT2D eigenvalue weighted by atomic mass is 32.1. The van der Waals surface area contributed by atoms with E-state index >= 15 is 0 Å². The molecule has 1 saturated heterocycles. The average Bonchev–Trinajstić information content (AvgIpc) is 2.74. The van der Waals surface area contributed by atoms with E-state index in [9.17, 15) is 0 Å². The number of hydrazine groups is 1. The summed E-state index contributed by atoms with van der Waals surface area (Å²) in [5.74, 6) is 5.37. The Bertz CT molecular complexity index is 367. The van der Waals surface area contributed by atoms with Gasteiger partial charge in [-0.2, -0.15) is 0 Å². The molecule has 1 aromatic heterocycles. The molecule has 0 saturated carbocycles. The van der Waals surface area contributed by atoms with Gasteiger partial charge in [0.15, 0.2) is 5.13 Å². The Morgan fingerprint density at radius 3 is 3.06 bits per heavy atom. The second-order valence-corrected chi connectivity index (χ2v) is 6.04. The maximum Gasteiger partial charge on any atom is 0.197 e. The van der Waals surface area contributed by atoms with Crippen LogP contribution in [0.2, 0.25) is 0 Å². The van der Waals surface area contributed by atoms with Crippen molar-refractivity contribution in [1.82, 2.24) is 14.8 Å². The quantitative estimate of drug-likeness (QED) is 0.638. The Morgan fingerprint density at radius 2 is 2.39 bits per heavy atom. The van der Waals surface area contributed by atoms with Crippen molar-refractivity contribution >= 4 is 16.5 Å². The van der Waals surface area contributed by atoms with Crippen molar-refractivity contribution in [3.8, 4) is 0 Å². The van der Waals surface area contributed by atoms with Gasteiger partial charge in [-0.05, 0) is 26.4 Å². The monoisotopic (exact) mass is 269 g/mol. The largest absolute Gasteiger partial charge is 0.305 e. The summed E-state index contributed by atoms with van der Waals surface area (Å²) in [6.07, 6.45) is 4.38. The number of thiazole rings is 1. The maximum atomic E-state index is 5.37. The molecule has 1 aliphatic rings. The van der Waals surface area contributed by atoms with E-state index in [1.54, 1.807) is 11.3 Å². The SMILES string of the molecule is CCC1CN(C)CCCN1Cc1cnc(NN)s1. The molecule has 6 heteroatoms. The number of aromatic nitrogens is 1. The van der Waals surface area contributed by atoms with Crippen LogP contribution < -0.4 is 11.3 Å². The van der Waals surface area contributed by atoms with Crippen molar-refractivity contribution in [3.63, 3.8) is 0 Å². The highest BCUT2D eigenvalue weighted by molar-refractivity contribution is 7.15. The summed E-state index contributed by atoms with van der Waals surface area (Å²) in [5.41, 5.74) is 2.61. The fourth-order valence-electron chi connectivity index (χ4n) is 2.54. The number of hydrogen-bond acceptors (Lipinski definition) is 6. The molecule has 102 valence electrons. The summed E-state index contributed by atoms with van der Waals surface area (Å²) in [5, 5.41) is 0.796. The zero-order chi connectivity index (χ0) is 13.0. The van der Waals surface area contributed by atoms with Gasteiger partial charge in [-0.1, -0.05) is 18.3 Å². The van der Waals surface area contributed by atoms with Gasteiger partial charge in [-0.15, -0.1) is 0 Å². The van der Waals surface area contributed by atoms with Crippen molar-refractivity contribution in [1.29, 1.82) is 0 Å². The summed E-state index contributed by atoms with van der Waals surface area (Å²) < 4.78 is 0. The third-order valence-electron chi connectivity index (χ3n) is 3.53. The molecule has 18 heavy (non-hydrogen) atoms. The van der Waals surface area contributed by atoms with E-state index in [-0.39, 0.29) is 0 Å². The molecule has 1 fully saturated rings. The zero-order valence-electron chi connectivity index (χ0n) is 11.2. The minimum absolute atomic E-state index is 0.647. The van der Waals surface area contributed by atoms with Crippen LogP contribution in [0.25, 0.3) is 0 Å². The van der Waals surface area contributed by atoms with Gasteiger partial charge in [0.1, 0.15) is 0 Å². The molecule has 0 amide bonds. The second kappa shape index (κ2) is 6.47. The van der Waals surface area contributed by atoms with Crippen LogP contribution >= 0.6 is 11.3 Å². The third-order valence-corrected chi connectivity index (χ3v) is 4.44. The first-order chi connectivity index (χ1) is 8.72. The number of nitrogens with one attached hydrogen (secondary N) is 1. The van der Waals surface area contributed by atoms with Gasteiger partial charge < -0.3 is 4.90 Å². The molecule has 0 radical (unpaired) electrons. The van der Waals surface area contributed by atoms with Gasteiger partial charge in [-0.25, -0.2) is 10.8 Å². The minimum atomic E-state index is 0.647. The number of nitrogens with zero attached hydrogens (tertiary/aromatic N) is 3. The molecule has 0 aromatic carbocycles. The highest BCUT2D eigenvalue weighted by Gasteiger charge is 2.22. The lowest BCUT2D eigenvalue weighted by Crippen LogP contribution is -2.39. The lowest BCUT2D eigenvalue weighted by molar-refractivity contribution is 0.177. The summed E-state index contributed by atoms with van der Waals surface area (Å²) >= 11 is 1.64. The van der Waals surface area contributed by atoms with Crippen LogP contribution in [0, 0.1) is 0 Å². The Kier molecular flexibility index (Phi) is 4.94. The van der Waals surface area contributed by atoms with Crippen LogP contribution in [0.4, 0.5) is 5.13 Å². The summed E-state index contributed by atoms with van der Waals surface area (Å²) in [4.78, 5) is 10.5. The predicted molar refractivity (Wildman–Crippen MR) is 76.5 cm³/mol. The highest BCUT2D eigenvalue weighted by Crippen LogP contribution is 2.21. The molecule has 1 aliphatic heterocycles. The Labute approximate surface area is 113 Å². The predicted octanol–water partition coefficient (Wildman–Crippen LogP) is 1.34. The molecule has 1 atom stereocenters. The smallest absolute Gasteiger partial charge is 0.197 e. The van der Waals surface area contributed by atoms with E-state index in [0.29, 0.717) is 6.04 Å². The lowest BCUT2D eigenvalue weighted by Gasteiger charge is -2.29. The first-order valence-electron chi connectivity index (χ1n) is 6.56. The van der Waals surface area contributed by atoms with Gasteiger partial charge in [0.25, 0.3) is 0 Å². The lowest BCUT2D eigenvalue weighted by atomic mass is 10.2. The van der Waals surface area contributed by atoms with Crippen LogP contribution in [-0.4, -0.2) is 47.5 Å². The fourth-order valence-corrected chi connectivity index (χ4v) is 3.28. The third kappa shape index (κ3) is 3.41. The van der Waals surface area contributed by atoms with E-state index in [1.165, 1.54) is 30.8 Å². The summed E-state index contributed by atoms with van der Waals surface area (Å²) in [6, 6.07) is 0.647. The summed E-state index contributed by atoms with van der Waals surface area (Å²) in [6.45, 7) is 6.80. The van der Waals surface area contributed by atoms with E-state index in [0.717, 1.165) is 18.2 Å². The molecule has 2 rings (SSSR count). The van der Waals surface area contributed by atoms with Crippen LogP contribution in [0.5, 0.6) is 0 Å². The Hall–Kier alpha value is -0.690. The Balaban J connectivity index is 2.01. The van der Waals surface area contributed by atoms with E-state index in [2.05, 4.69) is 34.2 Å². The molecule has 0 spiro atoms. The van der Waals surface area contributed by atoms with Gasteiger partial charge in [-0.3, -0.25) is 10.3 Å². The Morgan fingerprint density at radius 1 is 1.56 bits per heavy atom. The molecule has 0 aliphatic carbocycles. The van der Waals surface area contributed by atoms with E-state index in [1.807, 2.05) is 6.20 Å². The number of hydrogen-bond donors (Lipinski definition) is 2. The molecule has 1 aromatic rings. The molecule has 0 bridgehead atoms. The van der Waals surface area contributed by atoms with Crippen molar-refractivity contribution in [3.05, 3.63) is 11.1 Å². The second-order valence-electron chi connectivity index (χ2n) is 4.92. The van der Waals surface area contributed by atoms with Crippen LogP contribution in [0.1, 0.15) is 24.6 Å². The van der Waals surface area contributed by atoms with Crippen molar-refractivity contribution in [2.75, 3.05) is 32.1 Å². The molecular formula is C12H23N5S. The standard InChI is InChI=1S/C12H23N5S/c1-3-10-8-16(2)5-4-6-17(10)9-11-7-14-12(15-13)18-11/h7,10H,3-6,8-9,13H2,1-2H3,(H,14,15). The minimum Gasteiger partial charge on any atom is -0.305 e. The zero-order valence-corrected chi connectivity index (χ0v) is 12.0. The first kappa shape index (κ1) is 13.7. The molecule has 2 heterocycles. The van der Waals surface area contributed by atoms with Gasteiger partial charge in [0.05, 0.1) is 0 Å². The van der Waals surface area contributed by atoms with Gasteiger partial charge in [0.2, 0.25) is 0 Å². The van der Waals surface area contributed by atoms with Gasteiger partial charge >= 0.3 is 0 Å². The van der Waals surface area contributed by atoms with E-state index in [4.69, 9.17) is 5.84 Å².